The normalized spacial score (nSPS) is 14.4. The van der Waals surface area contributed by atoms with Gasteiger partial charge in [0.1, 0.15) is 0 Å². The fraction of sp³-hybridized carbons (Fsp3) is 0.286. The van der Waals surface area contributed by atoms with E-state index in [-0.39, 0.29) is 23.5 Å². The van der Waals surface area contributed by atoms with Crippen LogP contribution in [0.4, 0.5) is 0 Å². The highest BCUT2D eigenvalue weighted by Gasteiger charge is 2.28. The number of amides is 2. The van der Waals surface area contributed by atoms with Crippen molar-refractivity contribution in [2.75, 3.05) is 32.9 Å². The van der Waals surface area contributed by atoms with Gasteiger partial charge in [0.25, 0.3) is 11.8 Å². The number of carbonyl (C=O) groups is 3. The molecule has 10 nitrogen and oxygen atoms in total. The van der Waals surface area contributed by atoms with E-state index in [0.717, 1.165) is 0 Å². The second kappa shape index (κ2) is 10.4. The van der Waals surface area contributed by atoms with Gasteiger partial charge in [-0.1, -0.05) is 24.3 Å². The van der Waals surface area contributed by atoms with Crippen LogP contribution < -0.4 is 10.9 Å². The fourth-order valence-electron chi connectivity index (χ4n) is 2.97. The highest BCUT2D eigenvalue weighted by atomic mass is 32.2. The van der Waals surface area contributed by atoms with Crippen LogP contribution in [-0.2, 0) is 24.3 Å². The van der Waals surface area contributed by atoms with Gasteiger partial charge in [-0.15, -0.1) is 0 Å². The Bertz CT molecular complexity index is 1100. The summed E-state index contributed by atoms with van der Waals surface area (Å²) < 4.78 is 37.3. The zero-order valence-corrected chi connectivity index (χ0v) is 18.2. The predicted molar refractivity (Wildman–Crippen MR) is 113 cm³/mol. The first-order valence-corrected chi connectivity index (χ1v) is 11.2. The van der Waals surface area contributed by atoms with E-state index in [0.29, 0.717) is 24.3 Å². The molecule has 0 aliphatic carbocycles. The third-order valence-corrected chi connectivity index (χ3v) is 6.74. The van der Waals surface area contributed by atoms with Crippen molar-refractivity contribution in [1.82, 2.24) is 15.2 Å². The highest BCUT2D eigenvalue weighted by Crippen LogP contribution is 2.22. The van der Waals surface area contributed by atoms with Crippen LogP contribution in [-0.4, -0.2) is 63.4 Å². The van der Waals surface area contributed by atoms with Crippen LogP contribution >= 0.6 is 0 Å². The maximum atomic E-state index is 12.9. The van der Waals surface area contributed by atoms with Crippen LogP contribution in [0.5, 0.6) is 0 Å². The topological polar surface area (TPSA) is 131 Å². The SMILES string of the molecule is Cc1ccc(C(=O)OCC(=O)NNC(=O)c2ccccc2)cc1S(=O)(=O)N1CCOCC1. The fourth-order valence-corrected chi connectivity index (χ4v) is 4.63. The van der Waals surface area contributed by atoms with E-state index < -0.39 is 34.4 Å². The molecule has 1 saturated heterocycles. The van der Waals surface area contributed by atoms with Crippen molar-refractivity contribution in [3.05, 3.63) is 65.2 Å². The zero-order valence-electron chi connectivity index (χ0n) is 17.4. The lowest BCUT2D eigenvalue weighted by molar-refractivity contribution is -0.125. The number of hydrazine groups is 1. The average molecular weight is 461 g/mol. The molecule has 170 valence electrons. The lowest BCUT2D eigenvalue weighted by Crippen LogP contribution is -2.43. The van der Waals surface area contributed by atoms with E-state index in [2.05, 4.69) is 10.9 Å². The molecule has 0 radical (unpaired) electrons. The Kier molecular flexibility index (Phi) is 7.57. The number of esters is 1. The van der Waals surface area contributed by atoms with Gasteiger partial charge >= 0.3 is 5.97 Å². The Morgan fingerprint density at radius 2 is 1.69 bits per heavy atom. The van der Waals surface area contributed by atoms with Gasteiger partial charge in [-0.25, -0.2) is 13.2 Å². The van der Waals surface area contributed by atoms with Crippen LogP contribution in [0.15, 0.2) is 53.4 Å². The molecule has 0 saturated carbocycles. The van der Waals surface area contributed by atoms with Crippen molar-refractivity contribution in [3.63, 3.8) is 0 Å². The number of hydrogen-bond acceptors (Lipinski definition) is 7. The molecule has 0 aromatic heterocycles. The van der Waals surface area contributed by atoms with Crippen molar-refractivity contribution in [2.24, 2.45) is 0 Å². The zero-order chi connectivity index (χ0) is 23.1. The minimum atomic E-state index is -3.81. The molecule has 0 bridgehead atoms. The number of sulfonamides is 1. The molecule has 0 unspecified atom stereocenters. The van der Waals surface area contributed by atoms with Gasteiger partial charge in [-0.05, 0) is 36.8 Å². The average Bonchev–Trinajstić information content (AvgIpc) is 2.82. The molecule has 0 spiro atoms. The number of carbonyl (C=O) groups excluding carboxylic acids is 3. The monoisotopic (exact) mass is 461 g/mol. The molecular formula is C21H23N3O7S. The highest BCUT2D eigenvalue weighted by molar-refractivity contribution is 7.89. The Morgan fingerprint density at radius 3 is 2.38 bits per heavy atom. The summed E-state index contributed by atoms with van der Waals surface area (Å²) >= 11 is 0. The van der Waals surface area contributed by atoms with Crippen LogP contribution in [0, 0.1) is 6.92 Å². The van der Waals surface area contributed by atoms with Crippen molar-refractivity contribution in [1.29, 1.82) is 0 Å². The second-order valence-electron chi connectivity index (χ2n) is 6.94. The second-order valence-corrected chi connectivity index (χ2v) is 8.85. The van der Waals surface area contributed by atoms with Crippen molar-refractivity contribution < 1.29 is 32.3 Å². The number of nitrogens with zero attached hydrogens (tertiary/aromatic N) is 1. The molecule has 11 heteroatoms. The van der Waals surface area contributed by atoms with Gasteiger partial charge in [-0.3, -0.25) is 20.4 Å². The van der Waals surface area contributed by atoms with Crippen LogP contribution in [0.3, 0.4) is 0 Å². The molecule has 2 aromatic rings. The molecule has 1 fully saturated rings. The van der Waals surface area contributed by atoms with Crippen molar-refractivity contribution >= 4 is 27.8 Å². The van der Waals surface area contributed by atoms with E-state index in [9.17, 15) is 22.8 Å². The minimum Gasteiger partial charge on any atom is -0.452 e. The van der Waals surface area contributed by atoms with Gasteiger partial charge < -0.3 is 9.47 Å². The first kappa shape index (κ1) is 23.4. The van der Waals surface area contributed by atoms with Gasteiger partial charge in [-0.2, -0.15) is 4.31 Å². The number of ether oxygens (including phenoxy) is 2. The number of hydrogen-bond donors (Lipinski definition) is 2. The van der Waals surface area contributed by atoms with Gasteiger partial charge in [0.15, 0.2) is 6.61 Å². The maximum Gasteiger partial charge on any atom is 0.338 e. The molecule has 2 amide bonds. The minimum absolute atomic E-state index is 0.00609. The largest absolute Gasteiger partial charge is 0.452 e. The van der Waals surface area contributed by atoms with Gasteiger partial charge in [0.2, 0.25) is 10.0 Å². The molecular weight excluding hydrogens is 438 g/mol. The van der Waals surface area contributed by atoms with E-state index in [1.807, 2.05) is 0 Å². The number of rotatable bonds is 6. The Morgan fingerprint density at radius 1 is 1.00 bits per heavy atom. The van der Waals surface area contributed by atoms with Crippen LogP contribution in [0.2, 0.25) is 0 Å². The molecule has 2 aromatic carbocycles. The lowest BCUT2D eigenvalue weighted by atomic mass is 10.1. The quantitative estimate of drug-likeness (QED) is 0.477. The summed E-state index contributed by atoms with van der Waals surface area (Å²) in [5, 5.41) is 0. The molecule has 1 heterocycles. The molecule has 2 N–H and O–H groups in total. The maximum absolute atomic E-state index is 12.9. The lowest BCUT2D eigenvalue weighted by Gasteiger charge is -2.26. The third-order valence-electron chi connectivity index (χ3n) is 4.70. The molecule has 1 aliphatic heterocycles. The number of aryl methyl sites for hydroxylation is 1. The van der Waals surface area contributed by atoms with Crippen molar-refractivity contribution in [2.45, 2.75) is 11.8 Å². The van der Waals surface area contributed by atoms with E-state index in [1.54, 1.807) is 37.3 Å². The summed E-state index contributed by atoms with van der Waals surface area (Å²) in [6, 6.07) is 12.4. The summed E-state index contributed by atoms with van der Waals surface area (Å²) in [5.74, 6) is -2.15. The number of morpholine rings is 1. The summed E-state index contributed by atoms with van der Waals surface area (Å²) in [6.07, 6.45) is 0. The van der Waals surface area contributed by atoms with E-state index >= 15 is 0 Å². The first-order chi connectivity index (χ1) is 15.3. The Hall–Kier alpha value is -3.28. The predicted octanol–water partition coefficient (Wildman–Crippen LogP) is 0.634. The summed E-state index contributed by atoms with van der Waals surface area (Å²) in [5.41, 5.74) is 5.17. The molecule has 3 rings (SSSR count). The van der Waals surface area contributed by atoms with E-state index in [1.165, 1.54) is 22.5 Å². The van der Waals surface area contributed by atoms with Gasteiger partial charge in [0.05, 0.1) is 23.7 Å². The van der Waals surface area contributed by atoms with E-state index in [4.69, 9.17) is 9.47 Å². The smallest absolute Gasteiger partial charge is 0.338 e. The first-order valence-electron chi connectivity index (χ1n) is 9.79. The van der Waals surface area contributed by atoms with Crippen LogP contribution in [0.1, 0.15) is 26.3 Å². The molecule has 0 atom stereocenters. The number of nitrogens with one attached hydrogen (secondary N) is 2. The summed E-state index contributed by atoms with van der Waals surface area (Å²) in [7, 11) is -3.81. The summed E-state index contributed by atoms with van der Waals surface area (Å²) in [4.78, 5) is 36.1. The van der Waals surface area contributed by atoms with Gasteiger partial charge in [0, 0.05) is 18.7 Å². The number of benzene rings is 2. The standard InChI is InChI=1S/C21H23N3O7S/c1-15-7-8-17(13-18(15)32(28,29)24-9-11-30-12-10-24)21(27)31-14-19(25)22-23-20(26)16-5-3-2-4-6-16/h2-8,13H,9-12,14H2,1H3,(H,22,25)(H,23,26). The van der Waals surface area contributed by atoms with Crippen LogP contribution in [0.25, 0.3) is 0 Å². The Balaban J connectivity index is 1.59. The molecule has 1 aliphatic rings. The van der Waals surface area contributed by atoms with Crippen molar-refractivity contribution in [3.8, 4) is 0 Å². The molecule has 32 heavy (non-hydrogen) atoms. The summed E-state index contributed by atoms with van der Waals surface area (Å²) in [6.45, 7) is 2.03. The third kappa shape index (κ3) is 5.69. The Labute approximate surface area is 185 Å².